The summed E-state index contributed by atoms with van der Waals surface area (Å²) in [5.41, 5.74) is 4.74. The molecule has 0 saturated heterocycles. The van der Waals surface area contributed by atoms with Crippen LogP contribution in [0.25, 0.3) is 0 Å². The maximum Gasteiger partial charge on any atom is 0.434 e. The summed E-state index contributed by atoms with van der Waals surface area (Å²) in [5.74, 6) is -0.286. The molecular weight excluding hydrogens is 279 g/mol. The van der Waals surface area contributed by atoms with E-state index in [9.17, 15) is 18.0 Å². The summed E-state index contributed by atoms with van der Waals surface area (Å²) in [6.07, 6.45) is -3.12. The van der Waals surface area contributed by atoms with E-state index >= 15 is 0 Å². The van der Waals surface area contributed by atoms with E-state index in [1.165, 1.54) is 11.9 Å². The molecule has 108 valence electrons. The van der Waals surface area contributed by atoms with Gasteiger partial charge in [-0.3, -0.25) is 4.79 Å². The molecule has 1 atom stereocenters. The maximum atomic E-state index is 12.4. The van der Waals surface area contributed by atoms with Crippen LogP contribution in [0.4, 0.5) is 13.2 Å². The quantitative estimate of drug-likeness (QED) is 0.906. The highest BCUT2D eigenvalue weighted by Gasteiger charge is 2.33. The highest BCUT2D eigenvalue weighted by Crippen LogP contribution is 2.30. The Morgan fingerprint density at radius 3 is 2.68 bits per heavy atom. The molecule has 0 aliphatic carbocycles. The van der Waals surface area contributed by atoms with Gasteiger partial charge in [-0.05, 0) is 6.42 Å². The average molecular weight is 295 g/mol. The van der Waals surface area contributed by atoms with Crippen LogP contribution in [0.1, 0.15) is 30.5 Å². The summed E-state index contributed by atoms with van der Waals surface area (Å²) in [5, 5.41) is 1.19. The number of nitrogens with two attached hydrogens (primary N) is 1. The van der Waals surface area contributed by atoms with Crippen molar-refractivity contribution in [1.82, 2.24) is 9.88 Å². The topological polar surface area (TPSA) is 59.2 Å². The second kappa shape index (κ2) is 6.33. The zero-order valence-electron chi connectivity index (χ0n) is 10.7. The van der Waals surface area contributed by atoms with Gasteiger partial charge in [-0.2, -0.15) is 13.2 Å². The number of halogens is 3. The number of carbonyl (C=O) groups excluding carboxylic acids is 1. The van der Waals surface area contributed by atoms with Gasteiger partial charge in [0, 0.05) is 12.4 Å². The lowest BCUT2D eigenvalue weighted by Crippen LogP contribution is -2.41. The number of hydrogen-bond donors (Lipinski definition) is 1. The number of alkyl halides is 3. The predicted octanol–water partition coefficient (Wildman–Crippen LogP) is 2.25. The lowest BCUT2D eigenvalue weighted by atomic mass is 10.1. The van der Waals surface area contributed by atoms with Crippen LogP contribution >= 0.6 is 11.3 Å². The van der Waals surface area contributed by atoms with Crippen LogP contribution < -0.4 is 5.73 Å². The zero-order valence-corrected chi connectivity index (χ0v) is 11.5. The van der Waals surface area contributed by atoms with Crippen molar-refractivity contribution in [1.29, 1.82) is 0 Å². The fourth-order valence-electron chi connectivity index (χ4n) is 1.51. The van der Waals surface area contributed by atoms with Crippen LogP contribution in [0, 0.1) is 0 Å². The Morgan fingerprint density at radius 1 is 1.58 bits per heavy atom. The smallest absolute Gasteiger partial charge is 0.338 e. The molecular formula is C11H16F3N3OS. The first kappa shape index (κ1) is 15.9. The van der Waals surface area contributed by atoms with Gasteiger partial charge in [0.05, 0.1) is 12.6 Å². The van der Waals surface area contributed by atoms with Gasteiger partial charge in [0.2, 0.25) is 5.91 Å². The van der Waals surface area contributed by atoms with Crippen LogP contribution in [0.15, 0.2) is 5.38 Å². The molecule has 1 aromatic rings. The third kappa shape index (κ3) is 4.46. The van der Waals surface area contributed by atoms with Gasteiger partial charge in [-0.1, -0.05) is 13.3 Å². The fraction of sp³-hybridized carbons (Fsp3) is 0.636. The summed E-state index contributed by atoms with van der Waals surface area (Å²) in [6, 6.07) is -0.614. The molecule has 1 rings (SSSR count). The summed E-state index contributed by atoms with van der Waals surface area (Å²) in [4.78, 5) is 16.6. The van der Waals surface area contributed by atoms with Crippen LogP contribution in [-0.4, -0.2) is 28.9 Å². The highest BCUT2D eigenvalue weighted by atomic mass is 32.1. The van der Waals surface area contributed by atoms with Gasteiger partial charge < -0.3 is 10.6 Å². The molecule has 0 aliphatic heterocycles. The third-order valence-corrected chi connectivity index (χ3v) is 3.34. The van der Waals surface area contributed by atoms with E-state index < -0.39 is 17.9 Å². The van der Waals surface area contributed by atoms with Gasteiger partial charge in [0.1, 0.15) is 5.01 Å². The summed E-state index contributed by atoms with van der Waals surface area (Å²) >= 11 is 0.881. The Bertz CT molecular complexity index is 433. The number of hydrogen-bond acceptors (Lipinski definition) is 4. The minimum Gasteiger partial charge on any atom is -0.338 e. The molecule has 2 N–H and O–H groups in total. The molecule has 0 radical (unpaired) electrons. The van der Waals surface area contributed by atoms with Gasteiger partial charge in [0.25, 0.3) is 0 Å². The van der Waals surface area contributed by atoms with Crippen LogP contribution in [0.2, 0.25) is 0 Å². The zero-order chi connectivity index (χ0) is 14.6. The molecule has 1 amide bonds. The minimum absolute atomic E-state index is 0.0387. The predicted molar refractivity (Wildman–Crippen MR) is 66.5 cm³/mol. The van der Waals surface area contributed by atoms with Gasteiger partial charge in [-0.15, -0.1) is 11.3 Å². The first-order chi connectivity index (χ1) is 8.75. The molecule has 8 heteroatoms. The Labute approximate surface area is 113 Å². The summed E-state index contributed by atoms with van der Waals surface area (Å²) in [6.45, 7) is 1.95. The van der Waals surface area contributed by atoms with E-state index in [1.807, 2.05) is 6.92 Å². The first-order valence-electron chi connectivity index (χ1n) is 5.77. The van der Waals surface area contributed by atoms with Crippen molar-refractivity contribution < 1.29 is 18.0 Å². The fourth-order valence-corrected chi connectivity index (χ4v) is 2.37. The van der Waals surface area contributed by atoms with E-state index in [4.69, 9.17) is 5.73 Å². The normalized spacial score (nSPS) is 13.4. The molecule has 0 aliphatic rings. The first-order valence-corrected chi connectivity index (χ1v) is 6.65. The Morgan fingerprint density at radius 2 is 2.21 bits per heavy atom. The Balaban J connectivity index is 2.64. The number of aromatic nitrogens is 1. The van der Waals surface area contributed by atoms with E-state index in [-0.39, 0.29) is 17.5 Å². The Hall–Kier alpha value is -1.15. The molecule has 1 unspecified atom stereocenters. The van der Waals surface area contributed by atoms with Crippen molar-refractivity contribution in [3.63, 3.8) is 0 Å². The second-order valence-electron chi connectivity index (χ2n) is 4.21. The third-order valence-electron chi connectivity index (χ3n) is 2.51. The molecule has 1 heterocycles. The van der Waals surface area contributed by atoms with E-state index in [0.717, 1.165) is 23.1 Å². The van der Waals surface area contributed by atoms with Crippen molar-refractivity contribution in [2.75, 3.05) is 7.05 Å². The molecule has 0 spiro atoms. The van der Waals surface area contributed by atoms with E-state index in [1.54, 1.807) is 0 Å². The van der Waals surface area contributed by atoms with Crippen molar-refractivity contribution in [3.8, 4) is 0 Å². The number of amides is 1. The number of likely N-dealkylation sites (N-methyl/N-ethyl adjacent to an activating group) is 1. The molecule has 4 nitrogen and oxygen atoms in total. The van der Waals surface area contributed by atoms with Crippen molar-refractivity contribution >= 4 is 17.2 Å². The van der Waals surface area contributed by atoms with E-state index in [2.05, 4.69) is 4.98 Å². The second-order valence-corrected chi connectivity index (χ2v) is 5.16. The summed E-state index contributed by atoms with van der Waals surface area (Å²) < 4.78 is 37.1. The average Bonchev–Trinajstić information content (AvgIpc) is 2.76. The molecule has 0 bridgehead atoms. The van der Waals surface area contributed by atoms with Crippen molar-refractivity contribution in [2.45, 2.75) is 38.5 Å². The standard InChI is InChI=1S/C11H16F3N3OS/c1-3-4-7(15)10(18)17(2)5-9-16-8(6-19-9)11(12,13)14/h6-7H,3-5,15H2,1-2H3. The maximum absolute atomic E-state index is 12.4. The van der Waals surface area contributed by atoms with Gasteiger partial charge in [0.15, 0.2) is 5.69 Å². The number of nitrogens with zero attached hydrogens (tertiary/aromatic N) is 2. The molecule has 0 fully saturated rings. The van der Waals surface area contributed by atoms with Crippen LogP contribution in [0.3, 0.4) is 0 Å². The number of rotatable bonds is 5. The minimum atomic E-state index is -4.45. The Kier molecular flexibility index (Phi) is 5.30. The van der Waals surface area contributed by atoms with Crippen LogP contribution in [0.5, 0.6) is 0 Å². The van der Waals surface area contributed by atoms with Crippen LogP contribution in [-0.2, 0) is 17.5 Å². The SMILES string of the molecule is CCCC(N)C(=O)N(C)Cc1nc(C(F)(F)F)cs1. The largest absolute Gasteiger partial charge is 0.434 e. The lowest BCUT2D eigenvalue weighted by Gasteiger charge is -2.19. The highest BCUT2D eigenvalue weighted by molar-refractivity contribution is 7.09. The van der Waals surface area contributed by atoms with E-state index in [0.29, 0.717) is 6.42 Å². The monoisotopic (exact) mass is 295 g/mol. The lowest BCUT2D eigenvalue weighted by molar-refractivity contribution is -0.140. The number of carbonyl (C=O) groups is 1. The number of thiazole rings is 1. The van der Waals surface area contributed by atoms with Crippen molar-refractivity contribution in [3.05, 3.63) is 16.1 Å². The van der Waals surface area contributed by atoms with Gasteiger partial charge >= 0.3 is 6.18 Å². The molecule has 0 aromatic carbocycles. The summed E-state index contributed by atoms with van der Waals surface area (Å²) in [7, 11) is 1.51. The molecule has 0 saturated carbocycles. The molecule has 19 heavy (non-hydrogen) atoms. The molecule has 1 aromatic heterocycles. The van der Waals surface area contributed by atoms with Gasteiger partial charge in [-0.25, -0.2) is 4.98 Å². The van der Waals surface area contributed by atoms with Crippen molar-refractivity contribution in [2.24, 2.45) is 5.73 Å².